The zero-order valence-electron chi connectivity index (χ0n) is 10.6. The van der Waals surface area contributed by atoms with Crippen molar-refractivity contribution in [1.29, 1.82) is 0 Å². The van der Waals surface area contributed by atoms with Crippen LogP contribution in [-0.4, -0.2) is 29.1 Å². The van der Waals surface area contributed by atoms with Gasteiger partial charge < -0.3 is 14.8 Å². The highest BCUT2D eigenvalue weighted by molar-refractivity contribution is 7.13. The van der Waals surface area contributed by atoms with Crippen LogP contribution < -0.4 is 5.32 Å². The average Bonchev–Trinajstić information content (AvgIpc) is 3.06. The first-order chi connectivity index (χ1) is 9.19. The minimum atomic E-state index is -0.119. The van der Waals surface area contributed by atoms with Crippen LogP contribution in [0.1, 0.15) is 12.6 Å². The van der Waals surface area contributed by atoms with Gasteiger partial charge in [-0.25, -0.2) is 4.98 Å². The summed E-state index contributed by atoms with van der Waals surface area (Å²) >= 11 is 1.54. The van der Waals surface area contributed by atoms with Crippen molar-refractivity contribution in [2.75, 3.05) is 13.2 Å². The molecule has 19 heavy (non-hydrogen) atoms. The number of amides is 1. The third kappa shape index (κ3) is 3.90. The summed E-state index contributed by atoms with van der Waals surface area (Å²) in [5.74, 6) is 0.482. The Morgan fingerprint density at radius 3 is 3.16 bits per heavy atom. The second-order valence-corrected chi connectivity index (χ2v) is 5.34. The van der Waals surface area contributed by atoms with Gasteiger partial charge in [-0.2, -0.15) is 0 Å². The Morgan fingerprint density at radius 1 is 1.63 bits per heavy atom. The fraction of sp³-hybridized carbons (Fsp3) is 0.385. The largest absolute Gasteiger partial charge is 0.444 e. The molecule has 0 bridgehead atoms. The lowest BCUT2D eigenvalue weighted by atomic mass is 10.2. The van der Waals surface area contributed by atoms with Crippen molar-refractivity contribution in [3.05, 3.63) is 29.5 Å². The summed E-state index contributed by atoms with van der Waals surface area (Å²) in [7, 11) is 0. The highest BCUT2D eigenvalue weighted by Gasteiger charge is 2.11. The van der Waals surface area contributed by atoms with E-state index in [2.05, 4.69) is 10.3 Å². The minimum absolute atomic E-state index is 0.0583. The number of rotatable bonds is 6. The average molecular weight is 280 g/mol. The predicted molar refractivity (Wildman–Crippen MR) is 72.8 cm³/mol. The maximum Gasteiger partial charge on any atom is 0.236 e. The van der Waals surface area contributed by atoms with Crippen molar-refractivity contribution in [3.8, 4) is 10.8 Å². The van der Waals surface area contributed by atoms with Gasteiger partial charge in [0.2, 0.25) is 11.8 Å². The molecule has 1 amide bonds. The number of thiophene rings is 1. The topological polar surface area (TPSA) is 75.4 Å². The van der Waals surface area contributed by atoms with Gasteiger partial charge in [-0.1, -0.05) is 13.0 Å². The standard InChI is InChI=1S/C13H16N2O3S/c1-9(7-16)6-14-12(17)5-10-8-18-13(15-10)11-3-2-4-19-11/h2-4,8-9,16H,5-7H2,1H3,(H,14,17). The van der Waals surface area contributed by atoms with Crippen LogP contribution in [0.15, 0.2) is 28.2 Å². The van der Waals surface area contributed by atoms with Crippen molar-refractivity contribution < 1.29 is 14.3 Å². The summed E-state index contributed by atoms with van der Waals surface area (Å²) in [5, 5.41) is 13.6. The van der Waals surface area contributed by atoms with Crippen LogP contribution in [0.2, 0.25) is 0 Å². The molecule has 0 saturated heterocycles. The van der Waals surface area contributed by atoms with E-state index in [9.17, 15) is 4.79 Å². The first-order valence-corrected chi connectivity index (χ1v) is 6.93. The van der Waals surface area contributed by atoms with Gasteiger partial charge in [-0.15, -0.1) is 11.3 Å². The molecule has 0 spiro atoms. The molecule has 0 fully saturated rings. The fourth-order valence-corrected chi connectivity index (χ4v) is 2.14. The van der Waals surface area contributed by atoms with Gasteiger partial charge in [-0.3, -0.25) is 4.79 Å². The van der Waals surface area contributed by atoms with E-state index in [1.54, 1.807) is 11.3 Å². The Balaban J connectivity index is 1.88. The van der Waals surface area contributed by atoms with Crippen LogP contribution in [-0.2, 0) is 11.2 Å². The van der Waals surface area contributed by atoms with Crippen molar-refractivity contribution >= 4 is 17.2 Å². The molecule has 1 unspecified atom stereocenters. The predicted octanol–water partition coefficient (Wildman–Crippen LogP) is 1.69. The molecule has 0 aliphatic carbocycles. The molecular formula is C13H16N2O3S. The van der Waals surface area contributed by atoms with Crippen LogP contribution in [0.25, 0.3) is 10.8 Å². The first kappa shape index (κ1) is 13.8. The number of nitrogens with one attached hydrogen (secondary N) is 1. The summed E-state index contributed by atoms with van der Waals surface area (Å²) in [6.45, 7) is 2.39. The molecule has 0 radical (unpaired) electrons. The molecule has 2 aromatic rings. The van der Waals surface area contributed by atoms with Crippen LogP contribution >= 0.6 is 11.3 Å². The maximum atomic E-state index is 11.7. The monoisotopic (exact) mass is 280 g/mol. The summed E-state index contributed by atoms with van der Waals surface area (Å²) in [4.78, 5) is 16.9. The summed E-state index contributed by atoms with van der Waals surface area (Å²) in [6.07, 6.45) is 1.69. The highest BCUT2D eigenvalue weighted by atomic mass is 32.1. The SMILES string of the molecule is CC(CO)CNC(=O)Cc1coc(-c2cccs2)n1. The molecule has 0 aliphatic heterocycles. The molecule has 0 aromatic carbocycles. The quantitative estimate of drug-likeness (QED) is 0.844. The van der Waals surface area contributed by atoms with Gasteiger partial charge >= 0.3 is 0 Å². The molecule has 2 rings (SSSR count). The Labute approximate surface area is 115 Å². The molecule has 2 heterocycles. The maximum absolute atomic E-state index is 11.7. The third-order valence-corrected chi connectivity index (χ3v) is 3.44. The van der Waals surface area contributed by atoms with Gasteiger partial charge in [0.1, 0.15) is 6.26 Å². The number of hydrogen-bond acceptors (Lipinski definition) is 5. The number of aliphatic hydroxyl groups is 1. The van der Waals surface area contributed by atoms with Gasteiger partial charge in [0.25, 0.3) is 0 Å². The van der Waals surface area contributed by atoms with Gasteiger partial charge in [0, 0.05) is 13.2 Å². The number of carbonyl (C=O) groups is 1. The van der Waals surface area contributed by atoms with Gasteiger partial charge in [-0.05, 0) is 17.4 Å². The van der Waals surface area contributed by atoms with E-state index >= 15 is 0 Å². The molecule has 5 nitrogen and oxygen atoms in total. The first-order valence-electron chi connectivity index (χ1n) is 6.05. The molecule has 1 atom stereocenters. The Hall–Kier alpha value is -1.66. The van der Waals surface area contributed by atoms with E-state index in [0.717, 1.165) is 4.88 Å². The molecule has 2 N–H and O–H groups in total. The zero-order valence-corrected chi connectivity index (χ0v) is 11.4. The summed E-state index contributed by atoms with van der Waals surface area (Å²) in [5.41, 5.74) is 0.609. The molecule has 6 heteroatoms. The van der Waals surface area contributed by atoms with E-state index in [1.165, 1.54) is 6.26 Å². The van der Waals surface area contributed by atoms with E-state index < -0.39 is 0 Å². The molecule has 0 aliphatic rings. The Morgan fingerprint density at radius 2 is 2.47 bits per heavy atom. The fourth-order valence-electron chi connectivity index (χ4n) is 1.48. The van der Waals surface area contributed by atoms with Crippen molar-refractivity contribution in [1.82, 2.24) is 10.3 Å². The van der Waals surface area contributed by atoms with E-state index in [1.807, 2.05) is 24.4 Å². The highest BCUT2D eigenvalue weighted by Crippen LogP contribution is 2.23. The molecular weight excluding hydrogens is 264 g/mol. The number of nitrogens with zero attached hydrogens (tertiary/aromatic N) is 1. The Bertz CT molecular complexity index is 522. The van der Waals surface area contributed by atoms with E-state index in [0.29, 0.717) is 18.1 Å². The number of hydrogen-bond donors (Lipinski definition) is 2. The molecule has 2 aromatic heterocycles. The smallest absolute Gasteiger partial charge is 0.236 e. The zero-order chi connectivity index (χ0) is 13.7. The van der Waals surface area contributed by atoms with Crippen LogP contribution in [0.4, 0.5) is 0 Å². The minimum Gasteiger partial charge on any atom is -0.444 e. The van der Waals surface area contributed by atoms with Crippen molar-refractivity contribution in [2.45, 2.75) is 13.3 Å². The normalized spacial score (nSPS) is 12.3. The van der Waals surface area contributed by atoms with Crippen LogP contribution in [0.3, 0.4) is 0 Å². The van der Waals surface area contributed by atoms with E-state index in [4.69, 9.17) is 9.52 Å². The lowest BCUT2D eigenvalue weighted by Gasteiger charge is -2.08. The number of aliphatic hydroxyl groups excluding tert-OH is 1. The van der Waals surface area contributed by atoms with E-state index in [-0.39, 0.29) is 24.9 Å². The van der Waals surface area contributed by atoms with Gasteiger partial charge in [0.05, 0.1) is 17.0 Å². The van der Waals surface area contributed by atoms with Crippen molar-refractivity contribution in [2.24, 2.45) is 5.92 Å². The molecule has 0 saturated carbocycles. The van der Waals surface area contributed by atoms with Crippen molar-refractivity contribution in [3.63, 3.8) is 0 Å². The van der Waals surface area contributed by atoms with Gasteiger partial charge in [0.15, 0.2) is 0 Å². The number of carbonyl (C=O) groups excluding carboxylic acids is 1. The lowest BCUT2D eigenvalue weighted by molar-refractivity contribution is -0.120. The number of oxazole rings is 1. The summed E-state index contributed by atoms with van der Waals surface area (Å²) < 4.78 is 5.34. The second kappa shape index (κ2) is 6.49. The molecule has 102 valence electrons. The van der Waals surface area contributed by atoms with Crippen LogP contribution in [0, 0.1) is 5.92 Å². The lowest BCUT2D eigenvalue weighted by Crippen LogP contribution is -2.30. The third-order valence-electron chi connectivity index (χ3n) is 2.58. The number of aromatic nitrogens is 1. The Kier molecular flexibility index (Phi) is 4.70. The summed E-state index contributed by atoms with van der Waals surface area (Å²) in [6, 6.07) is 3.84. The van der Waals surface area contributed by atoms with Crippen LogP contribution in [0.5, 0.6) is 0 Å². The second-order valence-electron chi connectivity index (χ2n) is 4.39.